The van der Waals surface area contributed by atoms with Crippen molar-refractivity contribution in [2.45, 2.75) is 17.7 Å². The fourth-order valence-electron chi connectivity index (χ4n) is 2.96. The Balaban J connectivity index is 1.36. The van der Waals surface area contributed by atoms with E-state index < -0.39 is 0 Å². The van der Waals surface area contributed by atoms with E-state index in [1.165, 1.54) is 10.6 Å². The van der Waals surface area contributed by atoms with E-state index in [2.05, 4.69) is 29.2 Å². The van der Waals surface area contributed by atoms with Gasteiger partial charge in [0.25, 0.3) is 0 Å². The Morgan fingerprint density at radius 3 is 2.32 bits per heavy atom. The van der Waals surface area contributed by atoms with Crippen LogP contribution in [0.2, 0.25) is 5.02 Å². The van der Waals surface area contributed by atoms with Crippen LogP contribution in [0.5, 0.6) is 0 Å². The number of halogens is 1. The van der Waals surface area contributed by atoms with Crippen LogP contribution < -0.4 is 4.90 Å². The van der Waals surface area contributed by atoms with Crippen molar-refractivity contribution in [2.24, 2.45) is 0 Å². The highest BCUT2D eigenvalue weighted by atomic mass is 35.5. The molecule has 1 heterocycles. The summed E-state index contributed by atoms with van der Waals surface area (Å²) in [5.74, 6) is 1.24. The van der Waals surface area contributed by atoms with Crippen LogP contribution in [0.3, 0.4) is 0 Å². The molecule has 2 aromatic rings. The minimum Gasteiger partial charge on any atom is -0.368 e. The van der Waals surface area contributed by atoms with Crippen molar-refractivity contribution in [3.8, 4) is 0 Å². The molecule has 1 amide bonds. The molecule has 2 aromatic carbocycles. The van der Waals surface area contributed by atoms with Crippen molar-refractivity contribution in [1.29, 1.82) is 0 Å². The van der Waals surface area contributed by atoms with Crippen LogP contribution in [-0.4, -0.2) is 42.7 Å². The van der Waals surface area contributed by atoms with E-state index in [0.29, 0.717) is 6.42 Å². The Morgan fingerprint density at radius 2 is 1.64 bits per heavy atom. The van der Waals surface area contributed by atoms with Crippen molar-refractivity contribution >= 4 is 35.0 Å². The maximum atomic E-state index is 12.4. The van der Waals surface area contributed by atoms with Crippen molar-refractivity contribution < 1.29 is 4.79 Å². The van der Waals surface area contributed by atoms with E-state index in [9.17, 15) is 4.79 Å². The highest BCUT2D eigenvalue weighted by Gasteiger charge is 2.20. The molecule has 25 heavy (non-hydrogen) atoms. The average Bonchev–Trinajstić information content (AvgIpc) is 2.67. The molecule has 5 heteroatoms. The zero-order valence-electron chi connectivity index (χ0n) is 14.2. The summed E-state index contributed by atoms with van der Waals surface area (Å²) in [6, 6.07) is 18.3. The van der Waals surface area contributed by atoms with Crippen LogP contribution in [0.25, 0.3) is 0 Å². The van der Waals surface area contributed by atoms with E-state index in [-0.39, 0.29) is 5.91 Å². The smallest absolute Gasteiger partial charge is 0.222 e. The summed E-state index contributed by atoms with van der Waals surface area (Å²) < 4.78 is 0. The van der Waals surface area contributed by atoms with Crippen LogP contribution in [0.15, 0.2) is 59.5 Å². The van der Waals surface area contributed by atoms with Gasteiger partial charge in [-0.2, -0.15) is 0 Å². The predicted molar refractivity (Wildman–Crippen MR) is 107 cm³/mol. The third kappa shape index (κ3) is 5.41. The van der Waals surface area contributed by atoms with E-state index in [1.807, 2.05) is 35.2 Å². The van der Waals surface area contributed by atoms with Gasteiger partial charge >= 0.3 is 0 Å². The average molecular weight is 375 g/mol. The number of carbonyl (C=O) groups excluding carboxylic acids is 1. The Kier molecular flexibility index (Phi) is 6.65. The third-order valence-electron chi connectivity index (χ3n) is 4.37. The maximum absolute atomic E-state index is 12.4. The SMILES string of the molecule is O=C(CCCSc1ccc(Cl)cc1)N1CCN(c2ccccc2)CC1. The first-order valence-corrected chi connectivity index (χ1v) is 10.0. The lowest BCUT2D eigenvalue weighted by Gasteiger charge is -2.36. The first-order valence-electron chi connectivity index (χ1n) is 8.68. The summed E-state index contributed by atoms with van der Waals surface area (Å²) in [6.07, 6.45) is 1.54. The molecule has 1 fully saturated rings. The van der Waals surface area contributed by atoms with Crippen LogP contribution in [0.4, 0.5) is 5.69 Å². The topological polar surface area (TPSA) is 23.6 Å². The van der Waals surface area contributed by atoms with E-state index in [4.69, 9.17) is 11.6 Å². The number of rotatable bonds is 6. The van der Waals surface area contributed by atoms with Gasteiger partial charge in [0.05, 0.1) is 0 Å². The van der Waals surface area contributed by atoms with E-state index in [0.717, 1.165) is 43.4 Å². The van der Waals surface area contributed by atoms with Gasteiger partial charge in [0.15, 0.2) is 0 Å². The number of hydrogen-bond donors (Lipinski definition) is 0. The summed E-state index contributed by atoms with van der Waals surface area (Å²) in [5.41, 5.74) is 1.24. The van der Waals surface area contributed by atoms with Gasteiger partial charge in [0.1, 0.15) is 0 Å². The van der Waals surface area contributed by atoms with Crippen molar-refractivity contribution in [1.82, 2.24) is 4.90 Å². The number of para-hydroxylation sites is 1. The molecule has 1 saturated heterocycles. The molecule has 3 nitrogen and oxygen atoms in total. The second-order valence-corrected chi connectivity index (χ2v) is 7.71. The fraction of sp³-hybridized carbons (Fsp3) is 0.350. The largest absolute Gasteiger partial charge is 0.368 e. The Hall–Kier alpha value is -1.65. The van der Waals surface area contributed by atoms with Gasteiger partial charge in [0.2, 0.25) is 5.91 Å². The Bertz CT molecular complexity index is 670. The number of thioether (sulfide) groups is 1. The Morgan fingerprint density at radius 1 is 0.960 bits per heavy atom. The standard InChI is InChI=1S/C20H23ClN2OS/c21-17-8-10-19(11-9-17)25-16-4-7-20(24)23-14-12-22(13-15-23)18-5-2-1-3-6-18/h1-3,5-6,8-11H,4,7,12-16H2. The molecule has 0 spiro atoms. The summed E-state index contributed by atoms with van der Waals surface area (Å²) >= 11 is 7.66. The van der Waals surface area contributed by atoms with Crippen LogP contribution in [-0.2, 0) is 4.79 Å². The number of hydrogen-bond acceptors (Lipinski definition) is 3. The first kappa shape index (κ1) is 18.2. The second-order valence-electron chi connectivity index (χ2n) is 6.11. The summed E-state index contributed by atoms with van der Waals surface area (Å²) in [7, 11) is 0. The monoisotopic (exact) mass is 374 g/mol. The molecule has 0 atom stereocenters. The highest BCUT2D eigenvalue weighted by Crippen LogP contribution is 2.22. The summed E-state index contributed by atoms with van der Waals surface area (Å²) in [6.45, 7) is 3.46. The third-order valence-corrected chi connectivity index (χ3v) is 5.72. The number of nitrogens with zero attached hydrogens (tertiary/aromatic N) is 2. The van der Waals surface area contributed by atoms with Gasteiger partial charge in [-0.3, -0.25) is 4.79 Å². The number of amides is 1. The maximum Gasteiger partial charge on any atom is 0.222 e. The normalized spacial score (nSPS) is 14.6. The van der Waals surface area contributed by atoms with Crippen molar-refractivity contribution in [3.05, 3.63) is 59.6 Å². The highest BCUT2D eigenvalue weighted by molar-refractivity contribution is 7.99. The van der Waals surface area contributed by atoms with Gasteiger partial charge in [0, 0.05) is 48.2 Å². The van der Waals surface area contributed by atoms with Gasteiger partial charge in [-0.05, 0) is 48.6 Å². The van der Waals surface area contributed by atoms with Crippen molar-refractivity contribution in [2.75, 3.05) is 36.8 Å². The second kappa shape index (κ2) is 9.16. The molecule has 132 valence electrons. The number of piperazine rings is 1. The molecule has 0 aromatic heterocycles. The fourth-order valence-corrected chi connectivity index (χ4v) is 3.93. The molecule has 1 aliphatic heterocycles. The number of carbonyl (C=O) groups is 1. The van der Waals surface area contributed by atoms with Gasteiger partial charge in [-0.1, -0.05) is 29.8 Å². The molecule has 0 aliphatic carbocycles. The molecule has 0 radical (unpaired) electrons. The van der Waals surface area contributed by atoms with Crippen LogP contribution in [0.1, 0.15) is 12.8 Å². The molecule has 3 rings (SSSR count). The minimum atomic E-state index is 0.282. The lowest BCUT2D eigenvalue weighted by molar-refractivity contribution is -0.131. The predicted octanol–water partition coefficient (Wildman–Crippen LogP) is 4.56. The molecular formula is C20H23ClN2OS. The van der Waals surface area contributed by atoms with Crippen molar-refractivity contribution in [3.63, 3.8) is 0 Å². The molecular weight excluding hydrogens is 352 g/mol. The zero-order chi connectivity index (χ0) is 17.5. The lowest BCUT2D eigenvalue weighted by atomic mass is 10.2. The first-order chi connectivity index (χ1) is 12.2. The van der Waals surface area contributed by atoms with Gasteiger partial charge < -0.3 is 9.80 Å². The minimum absolute atomic E-state index is 0.282. The van der Waals surface area contributed by atoms with Gasteiger partial charge in [-0.15, -0.1) is 11.8 Å². The zero-order valence-corrected chi connectivity index (χ0v) is 15.8. The molecule has 0 bridgehead atoms. The van der Waals surface area contributed by atoms with Crippen LogP contribution in [0, 0.1) is 0 Å². The van der Waals surface area contributed by atoms with E-state index in [1.54, 1.807) is 11.8 Å². The Labute approximate surface area is 159 Å². The number of anilines is 1. The number of benzene rings is 2. The van der Waals surface area contributed by atoms with E-state index >= 15 is 0 Å². The molecule has 0 unspecified atom stereocenters. The summed E-state index contributed by atoms with van der Waals surface area (Å²) in [4.78, 5) is 17.9. The molecule has 0 N–H and O–H groups in total. The van der Waals surface area contributed by atoms with Crippen LogP contribution >= 0.6 is 23.4 Å². The quantitative estimate of drug-likeness (QED) is 0.547. The molecule has 0 saturated carbocycles. The lowest BCUT2D eigenvalue weighted by Crippen LogP contribution is -2.48. The van der Waals surface area contributed by atoms with Gasteiger partial charge in [-0.25, -0.2) is 0 Å². The molecule has 1 aliphatic rings. The summed E-state index contributed by atoms with van der Waals surface area (Å²) in [5, 5.41) is 0.758.